The Bertz CT molecular complexity index is 938. The van der Waals surface area contributed by atoms with Crippen molar-refractivity contribution in [1.29, 1.82) is 0 Å². The molecule has 0 aliphatic rings. The van der Waals surface area contributed by atoms with Gasteiger partial charge >= 0.3 is 0 Å². The summed E-state index contributed by atoms with van der Waals surface area (Å²) in [5.41, 5.74) is 0. The van der Waals surface area contributed by atoms with Gasteiger partial charge in [0.2, 0.25) is 0 Å². The maximum atomic E-state index is 5.53. The van der Waals surface area contributed by atoms with Gasteiger partial charge in [0.1, 0.15) is 5.75 Å². The summed E-state index contributed by atoms with van der Waals surface area (Å²) in [7, 11) is 1.70. The highest BCUT2D eigenvalue weighted by molar-refractivity contribution is 6.14. The van der Waals surface area contributed by atoms with E-state index in [9.17, 15) is 0 Å². The van der Waals surface area contributed by atoms with Gasteiger partial charge < -0.3 is 4.74 Å². The molecule has 0 N–H and O–H groups in total. The summed E-state index contributed by atoms with van der Waals surface area (Å²) in [5, 5.41) is 7.11. The van der Waals surface area contributed by atoms with Gasteiger partial charge in [0.05, 0.1) is 7.11 Å². The van der Waals surface area contributed by atoms with Crippen LogP contribution in [0.15, 0.2) is 60.7 Å². The van der Waals surface area contributed by atoms with E-state index < -0.39 is 0 Å². The third-order valence-corrected chi connectivity index (χ3v) is 3.80. The van der Waals surface area contributed by atoms with E-state index in [0.717, 1.165) is 16.5 Å². The van der Waals surface area contributed by atoms with Crippen molar-refractivity contribution in [2.45, 2.75) is 0 Å². The Morgan fingerprint density at radius 1 is 0.750 bits per heavy atom. The topological polar surface area (TPSA) is 9.23 Å². The van der Waals surface area contributed by atoms with Crippen LogP contribution in [0.1, 0.15) is 0 Å². The molecule has 0 heterocycles. The lowest BCUT2D eigenvalue weighted by molar-refractivity contribution is 0.419. The van der Waals surface area contributed by atoms with Crippen molar-refractivity contribution >= 4 is 32.3 Å². The van der Waals surface area contributed by atoms with Crippen LogP contribution in [0.3, 0.4) is 0 Å². The Hall–Kier alpha value is -2.54. The molecule has 4 aromatic rings. The minimum Gasteiger partial charge on any atom is -0.495 e. The summed E-state index contributed by atoms with van der Waals surface area (Å²) in [6.07, 6.45) is 0. The van der Waals surface area contributed by atoms with E-state index in [1.807, 2.05) is 6.07 Å². The average molecular weight is 257 g/mol. The van der Waals surface area contributed by atoms with Gasteiger partial charge in [0, 0.05) is 11.5 Å². The first-order valence-corrected chi connectivity index (χ1v) is 6.67. The zero-order chi connectivity index (χ0) is 13.5. The van der Waals surface area contributed by atoms with E-state index in [2.05, 4.69) is 60.7 Å². The van der Waals surface area contributed by atoms with Crippen molar-refractivity contribution < 1.29 is 4.74 Å². The molecule has 0 saturated carbocycles. The van der Waals surface area contributed by atoms with Gasteiger partial charge in [0.15, 0.2) is 0 Å². The van der Waals surface area contributed by atoms with Crippen molar-refractivity contribution in [2.75, 3.05) is 7.11 Å². The maximum Gasteiger partial charge on any atom is 0.135 e. The number of rotatable bonds is 1. The lowest BCUT2D eigenvalue weighted by atomic mass is 9.97. The van der Waals surface area contributed by atoms with Crippen molar-refractivity contribution in [3.63, 3.8) is 0 Å². The molecule has 0 amide bonds. The highest BCUT2D eigenvalue weighted by atomic mass is 16.5. The molecule has 95 valence electrons. The fourth-order valence-electron chi connectivity index (χ4n) is 2.83. The van der Waals surface area contributed by atoms with E-state index in [1.54, 1.807) is 7.11 Å². The second kappa shape index (κ2) is 4.24. The molecule has 0 aromatic heterocycles. The quantitative estimate of drug-likeness (QED) is 0.346. The molecular formula is C19H13O. The Kier molecular flexibility index (Phi) is 2.40. The predicted octanol–water partition coefficient (Wildman–Crippen LogP) is 4.95. The van der Waals surface area contributed by atoms with E-state index in [4.69, 9.17) is 4.74 Å². The van der Waals surface area contributed by atoms with Crippen molar-refractivity contribution in [3.8, 4) is 5.75 Å². The Labute approximate surface area is 117 Å². The molecule has 0 aliphatic carbocycles. The van der Waals surface area contributed by atoms with Gasteiger partial charge in [-0.3, -0.25) is 0 Å². The number of fused-ring (bicyclic) bond motifs is 4. The van der Waals surface area contributed by atoms with Gasteiger partial charge in [-0.1, -0.05) is 48.5 Å². The van der Waals surface area contributed by atoms with Crippen LogP contribution in [-0.2, 0) is 0 Å². The van der Waals surface area contributed by atoms with Crippen molar-refractivity contribution in [3.05, 3.63) is 66.7 Å². The second-order valence-corrected chi connectivity index (χ2v) is 4.95. The molecule has 0 atom stereocenters. The first-order valence-electron chi connectivity index (χ1n) is 6.67. The summed E-state index contributed by atoms with van der Waals surface area (Å²) >= 11 is 0. The maximum absolute atomic E-state index is 5.53. The highest BCUT2D eigenvalue weighted by Crippen LogP contribution is 2.35. The van der Waals surface area contributed by atoms with Crippen LogP contribution in [0, 0.1) is 6.07 Å². The summed E-state index contributed by atoms with van der Waals surface area (Å²) in [6, 6.07) is 24.5. The number of hydrogen-bond acceptors (Lipinski definition) is 1. The summed E-state index contributed by atoms with van der Waals surface area (Å²) in [5.74, 6) is 0.810. The Morgan fingerprint density at radius 3 is 2.15 bits per heavy atom. The minimum atomic E-state index is 0.810. The van der Waals surface area contributed by atoms with Crippen LogP contribution in [0.5, 0.6) is 5.75 Å². The van der Waals surface area contributed by atoms with Gasteiger partial charge in [-0.05, 0) is 39.1 Å². The first-order chi connectivity index (χ1) is 9.86. The third kappa shape index (κ3) is 1.56. The lowest BCUT2D eigenvalue weighted by Gasteiger charge is -2.10. The summed E-state index contributed by atoms with van der Waals surface area (Å²) < 4.78 is 5.53. The molecule has 0 bridgehead atoms. The van der Waals surface area contributed by atoms with Gasteiger partial charge in [-0.15, -0.1) is 0 Å². The van der Waals surface area contributed by atoms with Gasteiger partial charge in [-0.2, -0.15) is 0 Å². The zero-order valence-corrected chi connectivity index (χ0v) is 11.2. The number of methoxy groups -OCH3 is 1. The summed E-state index contributed by atoms with van der Waals surface area (Å²) in [4.78, 5) is 0. The molecule has 4 rings (SSSR count). The number of hydrogen-bond donors (Lipinski definition) is 0. The molecule has 0 aliphatic heterocycles. The standard InChI is InChI=1S/C19H13O/c1-20-19-12-15-8-4-5-9-16(15)17-10-13-6-2-3-7-14(13)11-18(17)19/h2-11H,1H3. The highest BCUT2D eigenvalue weighted by Gasteiger charge is 2.08. The Balaban J connectivity index is 2.28. The smallest absolute Gasteiger partial charge is 0.135 e. The van der Waals surface area contributed by atoms with Crippen molar-refractivity contribution in [1.82, 2.24) is 0 Å². The van der Waals surface area contributed by atoms with Crippen LogP contribution in [-0.4, -0.2) is 7.11 Å². The van der Waals surface area contributed by atoms with Crippen LogP contribution in [0.25, 0.3) is 32.3 Å². The third-order valence-electron chi connectivity index (χ3n) is 3.80. The largest absolute Gasteiger partial charge is 0.495 e. The molecule has 0 spiro atoms. The van der Waals surface area contributed by atoms with Gasteiger partial charge in [0.25, 0.3) is 0 Å². The predicted molar refractivity (Wildman–Crippen MR) is 84.3 cm³/mol. The van der Waals surface area contributed by atoms with Crippen LogP contribution in [0.4, 0.5) is 0 Å². The Morgan fingerprint density at radius 2 is 1.40 bits per heavy atom. The lowest BCUT2D eigenvalue weighted by Crippen LogP contribution is -1.87. The second-order valence-electron chi connectivity index (χ2n) is 4.95. The fourth-order valence-corrected chi connectivity index (χ4v) is 2.83. The average Bonchev–Trinajstić information content (AvgIpc) is 2.52. The molecule has 0 unspecified atom stereocenters. The molecule has 0 saturated heterocycles. The molecule has 1 heteroatoms. The van der Waals surface area contributed by atoms with Crippen LogP contribution in [0.2, 0.25) is 0 Å². The van der Waals surface area contributed by atoms with E-state index in [0.29, 0.717) is 0 Å². The van der Waals surface area contributed by atoms with Crippen molar-refractivity contribution in [2.24, 2.45) is 0 Å². The molecule has 4 aromatic carbocycles. The molecule has 20 heavy (non-hydrogen) atoms. The summed E-state index contributed by atoms with van der Waals surface area (Å²) in [6.45, 7) is 0. The van der Waals surface area contributed by atoms with Crippen LogP contribution < -0.4 is 4.74 Å². The molecule has 1 radical (unpaired) electrons. The van der Waals surface area contributed by atoms with E-state index in [1.165, 1.54) is 21.5 Å². The fraction of sp³-hybridized carbons (Fsp3) is 0.0526. The molecule has 1 nitrogen and oxygen atoms in total. The van der Waals surface area contributed by atoms with E-state index in [-0.39, 0.29) is 0 Å². The minimum absolute atomic E-state index is 0.810. The van der Waals surface area contributed by atoms with Gasteiger partial charge in [-0.25, -0.2) is 0 Å². The normalized spacial score (nSPS) is 11.2. The van der Waals surface area contributed by atoms with Crippen LogP contribution >= 0.6 is 0 Å². The molecular weight excluding hydrogens is 244 g/mol. The van der Waals surface area contributed by atoms with E-state index >= 15 is 0 Å². The number of benzene rings is 4. The monoisotopic (exact) mass is 257 g/mol. The zero-order valence-electron chi connectivity index (χ0n) is 11.2. The SMILES string of the molecule is COc1[c]c2ccccc2c2cc3ccccc3cc12. The first kappa shape index (κ1) is 11.3. The number of ether oxygens (including phenoxy) is 1. The molecule has 0 fully saturated rings.